The van der Waals surface area contributed by atoms with Gasteiger partial charge in [0.1, 0.15) is 0 Å². The zero-order valence-electron chi connectivity index (χ0n) is 6.87. The van der Waals surface area contributed by atoms with Crippen molar-refractivity contribution in [3.8, 4) is 0 Å². The van der Waals surface area contributed by atoms with Crippen LogP contribution in [-0.4, -0.2) is 6.26 Å². The number of thiol groups is 1. The third kappa shape index (κ3) is 1.59. The maximum absolute atomic E-state index is 5.96. The summed E-state index contributed by atoms with van der Waals surface area (Å²) in [5, 5.41) is 4.13. The number of thiophene rings is 1. The van der Waals surface area contributed by atoms with Crippen molar-refractivity contribution in [3.63, 3.8) is 0 Å². The number of hydrogen-bond acceptors (Lipinski definition) is 3. The Bertz CT molecular complexity index is 447. The predicted octanol–water partition coefficient (Wildman–Crippen LogP) is 4.57. The van der Waals surface area contributed by atoms with Gasteiger partial charge in [0.05, 0.1) is 9.72 Å². The van der Waals surface area contributed by atoms with E-state index in [2.05, 4.69) is 30.3 Å². The fraction of sp³-hybridized carbons (Fsp3) is 0.111. The van der Waals surface area contributed by atoms with E-state index in [1.807, 2.05) is 6.07 Å². The van der Waals surface area contributed by atoms with Gasteiger partial charge in [0.2, 0.25) is 0 Å². The van der Waals surface area contributed by atoms with Crippen molar-refractivity contribution < 1.29 is 0 Å². The molecule has 0 radical (unpaired) electrons. The maximum Gasteiger partial charge on any atom is 0.0554 e. The van der Waals surface area contributed by atoms with Crippen LogP contribution in [0.3, 0.4) is 0 Å². The van der Waals surface area contributed by atoms with Crippen LogP contribution in [0.1, 0.15) is 0 Å². The molecule has 4 heteroatoms. The lowest BCUT2D eigenvalue weighted by Crippen LogP contribution is -1.71. The quantitative estimate of drug-likeness (QED) is 0.568. The van der Waals surface area contributed by atoms with E-state index in [0.29, 0.717) is 0 Å². The molecular weight excluding hydrogens is 240 g/mol. The van der Waals surface area contributed by atoms with Crippen LogP contribution < -0.4 is 0 Å². The Labute approximate surface area is 95.7 Å². The van der Waals surface area contributed by atoms with E-state index in [9.17, 15) is 0 Å². The molecule has 0 N–H and O–H groups in total. The number of hydrogen-bond donors (Lipinski definition) is 1. The van der Waals surface area contributed by atoms with Gasteiger partial charge in [-0.15, -0.1) is 35.7 Å². The average molecular weight is 247 g/mol. The Balaban J connectivity index is 2.81. The molecule has 0 fully saturated rings. The van der Waals surface area contributed by atoms with Crippen molar-refractivity contribution in [2.45, 2.75) is 9.79 Å². The molecule has 0 spiro atoms. The van der Waals surface area contributed by atoms with E-state index in [0.717, 1.165) is 9.92 Å². The third-order valence-electron chi connectivity index (χ3n) is 1.85. The Morgan fingerprint density at radius 2 is 2.23 bits per heavy atom. The van der Waals surface area contributed by atoms with Gasteiger partial charge in [-0.2, -0.15) is 0 Å². The van der Waals surface area contributed by atoms with E-state index >= 15 is 0 Å². The maximum atomic E-state index is 5.96. The monoisotopic (exact) mass is 246 g/mol. The molecule has 0 atom stereocenters. The second-order valence-electron chi connectivity index (χ2n) is 2.58. The van der Waals surface area contributed by atoms with Crippen molar-refractivity contribution in [2.75, 3.05) is 6.26 Å². The van der Waals surface area contributed by atoms with Gasteiger partial charge in [0.25, 0.3) is 0 Å². The second-order valence-corrected chi connectivity index (χ2v) is 5.16. The lowest BCUT2D eigenvalue weighted by Gasteiger charge is -1.98. The lowest BCUT2D eigenvalue weighted by molar-refractivity contribution is 1.57. The topological polar surface area (TPSA) is 0 Å². The van der Waals surface area contributed by atoms with Crippen LogP contribution in [0.25, 0.3) is 10.1 Å². The van der Waals surface area contributed by atoms with Crippen LogP contribution in [0.4, 0.5) is 0 Å². The number of benzene rings is 1. The van der Waals surface area contributed by atoms with Crippen LogP contribution in [0.2, 0.25) is 5.02 Å². The normalized spacial score (nSPS) is 11.0. The van der Waals surface area contributed by atoms with Crippen LogP contribution in [0.15, 0.2) is 27.3 Å². The summed E-state index contributed by atoms with van der Waals surface area (Å²) in [5.74, 6) is 0. The standard InChI is InChI=1S/C9H7ClS3/c1-12-7-4-13-9-5(7)2-3-6(10)8(9)11/h2-4,11H,1H3. The summed E-state index contributed by atoms with van der Waals surface area (Å²) >= 11 is 13.8. The summed E-state index contributed by atoms with van der Waals surface area (Å²) in [6.07, 6.45) is 2.08. The number of halogens is 1. The summed E-state index contributed by atoms with van der Waals surface area (Å²) in [5.41, 5.74) is 0. The van der Waals surface area contributed by atoms with Gasteiger partial charge >= 0.3 is 0 Å². The fourth-order valence-corrected chi connectivity index (χ4v) is 3.62. The molecule has 13 heavy (non-hydrogen) atoms. The molecule has 0 bridgehead atoms. The van der Waals surface area contributed by atoms with Gasteiger partial charge in [-0.25, -0.2) is 0 Å². The van der Waals surface area contributed by atoms with Gasteiger partial charge < -0.3 is 0 Å². The molecule has 68 valence electrons. The molecule has 0 aliphatic heterocycles. The van der Waals surface area contributed by atoms with Crippen LogP contribution in [0, 0.1) is 0 Å². The highest BCUT2D eigenvalue weighted by molar-refractivity contribution is 7.99. The van der Waals surface area contributed by atoms with E-state index < -0.39 is 0 Å². The number of thioether (sulfide) groups is 1. The highest BCUT2D eigenvalue weighted by atomic mass is 35.5. The smallest absolute Gasteiger partial charge is 0.0554 e. The van der Waals surface area contributed by atoms with Crippen LogP contribution in [0.5, 0.6) is 0 Å². The van der Waals surface area contributed by atoms with Gasteiger partial charge in [-0.1, -0.05) is 17.7 Å². The number of rotatable bonds is 1. The molecule has 1 aromatic heterocycles. The van der Waals surface area contributed by atoms with Crippen LogP contribution in [-0.2, 0) is 0 Å². The summed E-state index contributed by atoms with van der Waals surface area (Å²) in [4.78, 5) is 2.19. The Morgan fingerprint density at radius 1 is 1.46 bits per heavy atom. The minimum Gasteiger partial charge on any atom is -0.141 e. The molecular formula is C9H7ClS3. The molecule has 0 saturated carbocycles. The van der Waals surface area contributed by atoms with Gasteiger partial charge in [0, 0.05) is 20.6 Å². The Hall–Kier alpha value is 0.170. The van der Waals surface area contributed by atoms with Crippen molar-refractivity contribution in [1.82, 2.24) is 0 Å². The van der Waals surface area contributed by atoms with Crippen molar-refractivity contribution >= 4 is 57.4 Å². The van der Waals surface area contributed by atoms with E-state index in [-0.39, 0.29) is 0 Å². The zero-order valence-corrected chi connectivity index (χ0v) is 10.2. The molecule has 0 amide bonds. The minimum absolute atomic E-state index is 0.727. The molecule has 1 aromatic carbocycles. The molecule has 0 saturated heterocycles. The zero-order chi connectivity index (χ0) is 9.42. The van der Waals surface area contributed by atoms with Gasteiger partial charge in [-0.05, 0) is 12.3 Å². The largest absolute Gasteiger partial charge is 0.141 e. The van der Waals surface area contributed by atoms with E-state index in [4.69, 9.17) is 11.6 Å². The van der Waals surface area contributed by atoms with Gasteiger partial charge in [-0.3, -0.25) is 0 Å². The molecule has 0 unspecified atom stereocenters. The van der Waals surface area contributed by atoms with Crippen molar-refractivity contribution in [1.29, 1.82) is 0 Å². The minimum atomic E-state index is 0.727. The SMILES string of the molecule is CSc1csc2c(S)c(Cl)ccc12. The number of fused-ring (bicyclic) bond motifs is 1. The molecule has 2 aromatic rings. The third-order valence-corrected chi connectivity index (χ3v) is 4.85. The predicted molar refractivity (Wildman–Crippen MR) is 65.9 cm³/mol. The summed E-state index contributed by atoms with van der Waals surface area (Å²) in [6, 6.07) is 3.96. The Morgan fingerprint density at radius 3 is 2.92 bits per heavy atom. The Kier molecular flexibility index (Phi) is 2.79. The van der Waals surface area contributed by atoms with E-state index in [1.54, 1.807) is 23.1 Å². The first kappa shape index (κ1) is 9.71. The first-order valence-corrected chi connectivity index (χ1v) is 6.59. The van der Waals surface area contributed by atoms with Crippen molar-refractivity contribution in [3.05, 3.63) is 22.5 Å². The fourth-order valence-electron chi connectivity index (χ4n) is 1.19. The average Bonchev–Trinajstić information content (AvgIpc) is 2.55. The lowest BCUT2D eigenvalue weighted by atomic mass is 10.3. The molecule has 2 rings (SSSR count). The van der Waals surface area contributed by atoms with Crippen molar-refractivity contribution in [2.24, 2.45) is 0 Å². The molecule has 0 aliphatic carbocycles. The van der Waals surface area contributed by atoms with Crippen LogP contribution >= 0.6 is 47.3 Å². The first-order valence-electron chi connectivity index (χ1n) is 3.66. The highest BCUT2D eigenvalue weighted by Gasteiger charge is 2.07. The summed E-state index contributed by atoms with van der Waals surface area (Å²) < 4.78 is 1.18. The van der Waals surface area contributed by atoms with Gasteiger partial charge in [0.15, 0.2) is 0 Å². The summed E-state index contributed by atoms with van der Waals surface area (Å²) in [7, 11) is 0. The first-order chi connectivity index (χ1) is 6.24. The molecule has 0 nitrogen and oxygen atoms in total. The van der Waals surface area contributed by atoms with E-state index in [1.165, 1.54) is 15.0 Å². The second kappa shape index (κ2) is 3.73. The molecule has 0 aliphatic rings. The summed E-state index contributed by atoms with van der Waals surface area (Å²) in [6.45, 7) is 0. The molecule has 1 heterocycles. The highest BCUT2D eigenvalue weighted by Crippen LogP contribution is 2.38.